The van der Waals surface area contributed by atoms with E-state index in [-0.39, 0.29) is 0 Å². The number of hydrogen-bond acceptors (Lipinski definition) is 5. The number of aryl methyl sites for hydroxylation is 1. The van der Waals surface area contributed by atoms with Crippen molar-refractivity contribution in [3.05, 3.63) is 42.4 Å². The quantitative estimate of drug-likeness (QED) is 0.823. The lowest BCUT2D eigenvalue weighted by Gasteiger charge is -2.25. The molecule has 0 bridgehead atoms. The Labute approximate surface area is 166 Å². The van der Waals surface area contributed by atoms with Gasteiger partial charge in [-0.15, -0.1) is 0 Å². The predicted octanol–water partition coefficient (Wildman–Crippen LogP) is 4.51. The van der Waals surface area contributed by atoms with Gasteiger partial charge in [-0.2, -0.15) is 0 Å². The molecular formula is C22H29N3O3. The first-order valence-electron chi connectivity index (χ1n) is 10.2. The number of carbonyl (C=O) groups excluding carboxylic acids is 1. The van der Waals surface area contributed by atoms with E-state index in [1.165, 1.54) is 50.6 Å². The highest BCUT2D eigenvalue weighted by Gasteiger charge is 2.28. The normalized spacial score (nSPS) is 22.6. The molecule has 6 heteroatoms. The maximum atomic E-state index is 12.0. The molecule has 28 heavy (non-hydrogen) atoms. The zero-order valence-electron chi connectivity index (χ0n) is 16.7. The number of carbonyl (C=O) groups is 1. The third-order valence-corrected chi connectivity index (χ3v) is 5.99. The van der Waals surface area contributed by atoms with Gasteiger partial charge in [-0.25, -0.2) is 4.79 Å². The van der Waals surface area contributed by atoms with Gasteiger partial charge in [0.2, 0.25) is 0 Å². The number of amides is 1. The van der Waals surface area contributed by atoms with Gasteiger partial charge in [0, 0.05) is 43.1 Å². The minimum absolute atomic E-state index is 0.391. The molecule has 0 unspecified atom stereocenters. The zero-order valence-corrected chi connectivity index (χ0v) is 16.7. The number of benzene rings is 1. The van der Waals surface area contributed by atoms with E-state index >= 15 is 0 Å². The average molecular weight is 383 g/mol. The number of rotatable bonds is 5. The van der Waals surface area contributed by atoms with Gasteiger partial charge in [0.25, 0.3) is 0 Å². The largest absolute Gasteiger partial charge is 0.469 e. The van der Waals surface area contributed by atoms with Gasteiger partial charge in [0.05, 0.1) is 6.26 Å². The molecule has 0 saturated carbocycles. The van der Waals surface area contributed by atoms with Crippen molar-refractivity contribution in [2.45, 2.75) is 39.2 Å². The molecule has 0 spiro atoms. The van der Waals surface area contributed by atoms with E-state index in [1.54, 1.807) is 6.07 Å². The van der Waals surface area contributed by atoms with Crippen molar-refractivity contribution in [3.8, 4) is 5.75 Å². The summed E-state index contributed by atoms with van der Waals surface area (Å²) < 4.78 is 10.1. The summed E-state index contributed by atoms with van der Waals surface area (Å²) in [5, 5.41) is 2.80. The predicted molar refractivity (Wildman–Crippen MR) is 110 cm³/mol. The zero-order chi connectivity index (χ0) is 19.5. The molecule has 3 heterocycles. The maximum absolute atomic E-state index is 12.0. The van der Waals surface area contributed by atoms with Crippen LogP contribution in [0.15, 0.2) is 41.2 Å². The van der Waals surface area contributed by atoms with E-state index < -0.39 is 6.09 Å². The number of anilines is 2. The number of nitrogens with one attached hydrogen (secondary N) is 1. The molecule has 1 N–H and O–H groups in total. The molecule has 2 aliphatic heterocycles. The van der Waals surface area contributed by atoms with Crippen LogP contribution in [0.1, 0.15) is 31.7 Å². The molecule has 2 aliphatic rings. The van der Waals surface area contributed by atoms with Crippen LogP contribution in [0.2, 0.25) is 0 Å². The Hall–Kier alpha value is -2.47. The highest BCUT2D eigenvalue weighted by molar-refractivity contribution is 5.87. The minimum Gasteiger partial charge on any atom is -0.469 e. The van der Waals surface area contributed by atoms with Crippen LogP contribution in [0.4, 0.5) is 16.2 Å². The van der Waals surface area contributed by atoms with Gasteiger partial charge < -0.3 is 19.0 Å². The third-order valence-electron chi connectivity index (χ3n) is 5.99. The van der Waals surface area contributed by atoms with Gasteiger partial charge in [-0.1, -0.05) is 0 Å². The second-order valence-electron chi connectivity index (χ2n) is 8.06. The van der Waals surface area contributed by atoms with Crippen LogP contribution in [0.25, 0.3) is 0 Å². The topological polar surface area (TPSA) is 58.0 Å². The average Bonchev–Trinajstić information content (AvgIpc) is 3.41. The van der Waals surface area contributed by atoms with Gasteiger partial charge >= 0.3 is 6.09 Å². The molecule has 2 fully saturated rings. The van der Waals surface area contributed by atoms with Crippen LogP contribution in [0.3, 0.4) is 0 Å². The Morgan fingerprint density at radius 3 is 2.89 bits per heavy atom. The van der Waals surface area contributed by atoms with Crippen LogP contribution >= 0.6 is 0 Å². The fourth-order valence-corrected chi connectivity index (χ4v) is 4.35. The lowest BCUT2D eigenvalue weighted by atomic mass is 10.1. The molecule has 0 radical (unpaired) electrons. The molecule has 4 rings (SSSR count). The summed E-state index contributed by atoms with van der Waals surface area (Å²) in [6, 6.07) is 8.53. The second-order valence-corrected chi connectivity index (χ2v) is 8.06. The Balaban J connectivity index is 1.33. The van der Waals surface area contributed by atoms with E-state index in [1.807, 2.05) is 13.0 Å². The Bertz CT molecular complexity index is 805. The van der Waals surface area contributed by atoms with Crippen molar-refractivity contribution in [2.24, 2.45) is 5.92 Å². The third kappa shape index (κ3) is 4.33. The van der Waals surface area contributed by atoms with Crippen molar-refractivity contribution in [3.63, 3.8) is 0 Å². The fraction of sp³-hybridized carbons (Fsp3) is 0.500. The molecule has 2 atom stereocenters. The van der Waals surface area contributed by atoms with Crippen LogP contribution in [-0.2, 0) is 0 Å². The fourth-order valence-electron chi connectivity index (χ4n) is 4.35. The van der Waals surface area contributed by atoms with E-state index in [0.29, 0.717) is 5.75 Å². The molecule has 1 amide bonds. The van der Waals surface area contributed by atoms with Gasteiger partial charge in [0.15, 0.2) is 5.75 Å². The lowest BCUT2D eigenvalue weighted by molar-refractivity contribution is 0.214. The SMILES string of the molecule is Cc1cc(N2CC[C@H](CN3CCC[C@@H]3C)C2)ccc1NC(=O)Oc1ccoc1. The summed E-state index contributed by atoms with van der Waals surface area (Å²) in [5.41, 5.74) is 3.01. The number of ether oxygens (including phenoxy) is 1. The Morgan fingerprint density at radius 1 is 1.29 bits per heavy atom. The summed E-state index contributed by atoms with van der Waals surface area (Å²) >= 11 is 0. The smallest absolute Gasteiger partial charge is 0.417 e. The Morgan fingerprint density at radius 2 is 2.18 bits per heavy atom. The van der Waals surface area contributed by atoms with Gasteiger partial charge in [0.1, 0.15) is 6.26 Å². The summed E-state index contributed by atoms with van der Waals surface area (Å²) in [6.07, 6.45) is 6.28. The molecular weight excluding hydrogens is 354 g/mol. The van der Waals surface area contributed by atoms with Crippen molar-refractivity contribution in [2.75, 3.05) is 36.4 Å². The van der Waals surface area contributed by atoms with Crippen molar-refractivity contribution in [1.29, 1.82) is 0 Å². The molecule has 2 aromatic rings. The van der Waals surface area contributed by atoms with Gasteiger partial charge in [-0.3, -0.25) is 5.32 Å². The lowest BCUT2D eigenvalue weighted by Crippen LogP contribution is -2.33. The van der Waals surface area contributed by atoms with E-state index in [2.05, 4.69) is 34.2 Å². The summed E-state index contributed by atoms with van der Waals surface area (Å²) in [7, 11) is 0. The van der Waals surface area contributed by atoms with Crippen molar-refractivity contribution in [1.82, 2.24) is 4.90 Å². The highest BCUT2D eigenvalue weighted by atomic mass is 16.6. The van der Waals surface area contributed by atoms with Crippen LogP contribution in [-0.4, -0.2) is 43.2 Å². The molecule has 1 aromatic carbocycles. The molecule has 2 saturated heterocycles. The second kappa shape index (κ2) is 8.27. The first kappa shape index (κ1) is 18.9. The maximum Gasteiger partial charge on any atom is 0.417 e. The van der Waals surface area contributed by atoms with Crippen LogP contribution < -0.4 is 15.0 Å². The molecule has 150 valence electrons. The molecule has 0 aliphatic carbocycles. The standard InChI is InChI=1S/C22H29N3O3/c1-16-12-19(5-6-21(16)23-22(26)28-20-8-11-27-15-20)25-10-7-18(14-25)13-24-9-3-4-17(24)2/h5-6,8,11-12,15,17-18H,3-4,7,9-10,13-14H2,1-2H3,(H,23,26)/t17-,18+/m0/s1. The number of furan rings is 1. The summed E-state index contributed by atoms with van der Waals surface area (Å²) in [4.78, 5) is 17.1. The minimum atomic E-state index is -0.516. The number of hydrogen-bond donors (Lipinski definition) is 1. The Kier molecular flexibility index (Phi) is 5.57. The van der Waals surface area contributed by atoms with E-state index in [9.17, 15) is 4.79 Å². The highest BCUT2D eigenvalue weighted by Crippen LogP contribution is 2.29. The van der Waals surface area contributed by atoms with Gasteiger partial charge in [-0.05, 0) is 69.3 Å². The van der Waals surface area contributed by atoms with E-state index in [4.69, 9.17) is 9.15 Å². The first-order chi connectivity index (χ1) is 13.6. The van der Waals surface area contributed by atoms with Crippen molar-refractivity contribution >= 4 is 17.5 Å². The summed E-state index contributed by atoms with van der Waals surface area (Å²) in [5.74, 6) is 1.13. The summed E-state index contributed by atoms with van der Waals surface area (Å²) in [6.45, 7) is 9.05. The number of nitrogens with zero attached hydrogens (tertiary/aromatic N) is 2. The first-order valence-corrected chi connectivity index (χ1v) is 10.2. The molecule has 1 aromatic heterocycles. The van der Waals surface area contributed by atoms with Crippen molar-refractivity contribution < 1.29 is 13.9 Å². The van der Waals surface area contributed by atoms with Crippen LogP contribution in [0.5, 0.6) is 5.75 Å². The van der Waals surface area contributed by atoms with Crippen LogP contribution in [0, 0.1) is 12.8 Å². The monoisotopic (exact) mass is 383 g/mol. The molecule has 6 nitrogen and oxygen atoms in total. The van der Waals surface area contributed by atoms with E-state index in [0.717, 1.165) is 36.3 Å². The number of likely N-dealkylation sites (tertiary alicyclic amines) is 1.